The van der Waals surface area contributed by atoms with Crippen molar-refractivity contribution in [3.63, 3.8) is 0 Å². The second kappa shape index (κ2) is 6.32. The molecule has 1 fully saturated rings. The van der Waals surface area contributed by atoms with Crippen LogP contribution in [0.15, 0.2) is 24.3 Å². The van der Waals surface area contributed by atoms with Gasteiger partial charge in [-0.25, -0.2) is 0 Å². The maximum absolute atomic E-state index is 5.66. The van der Waals surface area contributed by atoms with E-state index in [2.05, 4.69) is 43.0 Å². The van der Waals surface area contributed by atoms with Gasteiger partial charge < -0.3 is 10.5 Å². The van der Waals surface area contributed by atoms with Crippen LogP contribution in [-0.4, -0.2) is 37.2 Å². The largest absolute Gasteiger partial charge is 0.374 e. The van der Waals surface area contributed by atoms with E-state index in [1.54, 1.807) is 0 Å². The summed E-state index contributed by atoms with van der Waals surface area (Å²) < 4.78 is 5.58. The van der Waals surface area contributed by atoms with Crippen LogP contribution in [0.1, 0.15) is 30.9 Å². The van der Waals surface area contributed by atoms with E-state index in [0.29, 0.717) is 12.5 Å². The molecule has 0 radical (unpaired) electrons. The third-order valence-corrected chi connectivity index (χ3v) is 3.54. The third kappa shape index (κ3) is 3.55. The first-order valence-corrected chi connectivity index (χ1v) is 6.82. The second-order valence-electron chi connectivity index (χ2n) is 5.36. The molecule has 1 saturated heterocycles. The van der Waals surface area contributed by atoms with Gasteiger partial charge in [-0.05, 0) is 17.0 Å². The van der Waals surface area contributed by atoms with Gasteiger partial charge >= 0.3 is 0 Å². The summed E-state index contributed by atoms with van der Waals surface area (Å²) >= 11 is 0. The fraction of sp³-hybridized carbons (Fsp3) is 0.600. The van der Waals surface area contributed by atoms with Crippen LogP contribution in [0.25, 0.3) is 0 Å². The molecule has 0 saturated carbocycles. The fourth-order valence-corrected chi connectivity index (χ4v) is 2.33. The molecule has 100 valence electrons. The van der Waals surface area contributed by atoms with Crippen molar-refractivity contribution < 1.29 is 4.74 Å². The fourth-order valence-electron chi connectivity index (χ4n) is 2.33. The van der Waals surface area contributed by atoms with Crippen LogP contribution in [0.2, 0.25) is 0 Å². The lowest BCUT2D eigenvalue weighted by molar-refractivity contribution is -0.0260. The van der Waals surface area contributed by atoms with Gasteiger partial charge in [-0.3, -0.25) is 4.90 Å². The van der Waals surface area contributed by atoms with Crippen LogP contribution in [0.4, 0.5) is 0 Å². The van der Waals surface area contributed by atoms with Gasteiger partial charge in [0.1, 0.15) is 0 Å². The average Bonchev–Trinajstić information content (AvgIpc) is 2.39. The zero-order valence-corrected chi connectivity index (χ0v) is 11.4. The van der Waals surface area contributed by atoms with E-state index in [1.165, 1.54) is 11.1 Å². The summed E-state index contributed by atoms with van der Waals surface area (Å²) in [4.78, 5) is 2.42. The van der Waals surface area contributed by atoms with Crippen molar-refractivity contribution in [3.8, 4) is 0 Å². The molecule has 0 bridgehead atoms. The molecule has 1 aromatic rings. The standard InChI is InChI=1S/C15H24N2O/c1-12(2)14-5-3-13(4-6-14)10-17-7-8-18-15(9-16)11-17/h3-6,12,15H,7-11,16H2,1-2H3. The topological polar surface area (TPSA) is 38.5 Å². The zero-order valence-electron chi connectivity index (χ0n) is 11.4. The van der Waals surface area contributed by atoms with Crippen LogP contribution in [0.5, 0.6) is 0 Å². The highest BCUT2D eigenvalue weighted by molar-refractivity contribution is 5.24. The molecule has 1 aromatic carbocycles. The maximum Gasteiger partial charge on any atom is 0.0824 e. The number of hydrogen-bond acceptors (Lipinski definition) is 3. The second-order valence-corrected chi connectivity index (χ2v) is 5.36. The van der Waals surface area contributed by atoms with Gasteiger partial charge in [-0.15, -0.1) is 0 Å². The molecule has 18 heavy (non-hydrogen) atoms. The van der Waals surface area contributed by atoms with E-state index in [9.17, 15) is 0 Å². The van der Waals surface area contributed by atoms with E-state index in [4.69, 9.17) is 10.5 Å². The first-order chi connectivity index (χ1) is 8.69. The van der Waals surface area contributed by atoms with Gasteiger partial charge in [-0.1, -0.05) is 38.1 Å². The summed E-state index contributed by atoms with van der Waals surface area (Å²) in [5.41, 5.74) is 8.44. The van der Waals surface area contributed by atoms with Crippen LogP contribution < -0.4 is 5.73 Å². The van der Waals surface area contributed by atoms with E-state index < -0.39 is 0 Å². The molecule has 0 amide bonds. The molecule has 0 aromatic heterocycles. The van der Waals surface area contributed by atoms with Crippen molar-refractivity contribution in [3.05, 3.63) is 35.4 Å². The monoisotopic (exact) mass is 248 g/mol. The molecule has 1 heterocycles. The highest BCUT2D eigenvalue weighted by Gasteiger charge is 2.18. The van der Waals surface area contributed by atoms with E-state index in [1.807, 2.05) is 0 Å². The smallest absolute Gasteiger partial charge is 0.0824 e. The predicted molar refractivity (Wildman–Crippen MR) is 74.6 cm³/mol. The predicted octanol–water partition coefficient (Wildman–Crippen LogP) is 1.97. The highest BCUT2D eigenvalue weighted by atomic mass is 16.5. The molecule has 1 aliphatic heterocycles. The lowest BCUT2D eigenvalue weighted by Gasteiger charge is -2.32. The molecule has 1 aliphatic rings. The highest BCUT2D eigenvalue weighted by Crippen LogP contribution is 2.16. The molecule has 1 unspecified atom stereocenters. The van der Waals surface area contributed by atoms with Crippen molar-refractivity contribution >= 4 is 0 Å². The summed E-state index contributed by atoms with van der Waals surface area (Å²) in [6.07, 6.45) is 0.202. The van der Waals surface area contributed by atoms with Gasteiger partial charge in [0.25, 0.3) is 0 Å². The Hall–Kier alpha value is -0.900. The summed E-state index contributed by atoms with van der Waals surface area (Å²) in [5, 5.41) is 0. The van der Waals surface area contributed by atoms with Crippen LogP contribution in [0, 0.1) is 0 Å². The number of ether oxygens (including phenoxy) is 1. The van der Waals surface area contributed by atoms with Crippen LogP contribution >= 0.6 is 0 Å². The Morgan fingerprint density at radius 3 is 2.67 bits per heavy atom. The maximum atomic E-state index is 5.66. The third-order valence-electron chi connectivity index (χ3n) is 3.54. The summed E-state index contributed by atoms with van der Waals surface area (Å²) in [7, 11) is 0. The Kier molecular flexibility index (Phi) is 4.75. The lowest BCUT2D eigenvalue weighted by Crippen LogP contribution is -2.45. The number of rotatable bonds is 4. The first kappa shape index (κ1) is 13.5. The minimum absolute atomic E-state index is 0.202. The Bertz CT molecular complexity index is 361. The van der Waals surface area contributed by atoms with E-state index in [-0.39, 0.29) is 6.10 Å². The molecule has 2 rings (SSSR count). The zero-order chi connectivity index (χ0) is 13.0. The summed E-state index contributed by atoms with van der Waals surface area (Å²) in [6.45, 7) is 8.81. The Morgan fingerprint density at radius 2 is 2.06 bits per heavy atom. The molecular formula is C15H24N2O. The van der Waals surface area contributed by atoms with Crippen molar-refractivity contribution in [2.45, 2.75) is 32.4 Å². The van der Waals surface area contributed by atoms with Crippen LogP contribution in [0.3, 0.4) is 0 Å². The van der Waals surface area contributed by atoms with Gasteiger partial charge in [0.05, 0.1) is 12.7 Å². The summed E-state index contributed by atoms with van der Waals surface area (Å²) in [6, 6.07) is 8.95. The van der Waals surface area contributed by atoms with E-state index >= 15 is 0 Å². The lowest BCUT2D eigenvalue weighted by atomic mass is 10.0. The quantitative estimate of drug-likeness (QED) is 0.885. The minimum atomic E-state index is 0.202. The Labute approximate surface area is 110 Å². The normalized spacial score (nSPS) is 21.4. The summed E-state index contributed by atoms with van der Waals surface area (Å²) in [5.74, 6) is 0.601. The average molecular weight is 248 g/mol. The van der Waals surface area contributed by atoms with Crippen molar-refractivity contribution in [2.24, 2.45) is 5.73 Å². The number of nitrogens with zero attached hydrogens (tertiary/aromatic N) is 1. The van der Waals surface area contributed by atoms with Gasteiger partial charge in [0.15, 0.2) is 0 Å². The van der Waals surface area contributed by atoms with Crippen LogP contribution in [-0.2, 0) is 11.3 Å². The number of hydrogen-bond donors (Lipinski definition) is 1. The molecular weight excluding hydrogens is 224 g/mol. The Morgan fingerprint density at radius 1 is 1.33 bits per heavy atom. The molecule has 3 nitrogen and oxygen atoms in total. The van der Waals surface area contributed by atoms with E-state index in [0.717, 1.165) is 26.2 Å². The molecule has 0 spiro atoms. The minimum Gasteiger partial charge on any atom is -0.374 e. The molecule has 1 atom stereocenters. The number of benzene rings is 1. The first-order valence-electron chi connectivity index (χ1n) is 6.82. The van der Waals surface area contributed by atoms with Crippen molar-refractivity contribution in [1.29, 1.82) is 0 Å². The molecule has 3 heteroatoms. The van der Waals surface area contributed by atoms with Gasteiger partial charge in [0, 0.05) is 26.2 Å². The van der Waals surface area contributed by atoms with Crippen molar-refractivity contribution in [2.75, 3.05) is 26.2 Å². The number of morpholine rings is 1. The molecule has 0 aliphatic carbocycles. The SMILES string of the molecule is CC(C)c1ccc(CN2CCOC(CN)C2)cc1. The van der Waals surface area contributed by atoms with Crippen molar-refractivity contribution in [1.82, 2.24) is 4.90 Å². The number of nitrogens with two attached hydrogens (primary N) is 1. The van der Waals surface area contributed by atoms with Gasteiger partial charge in [-0.2, -0.15) is 0 Å². The Balaban J connectivity index is 1.92. The van der Waals surface area contributed by atoms with Gasteiger partial charge in [0.2, 0.25) is 0 Å². The molecule has 2 N–H and O–H groups in total.